The average Bonchev–Trinajstić information content (AvgIpc) is 2.86. The molecule has 3 atom stereocenters. The molecular weight excluding hydrogens is 392 g/mol. The van der Waals surface area contributed by atoms with Crippen molar-refractivity contribution in [3.63, 3.8) is 0 Å². The first-order valence-corrected chi connectivity index (χ1v) is 9.72. The maximum Gasteiger partial charge on any atom is 0.298 e. The molecule has 10 heteroatoms. The van der Waals surface area contributed by atoms with E-state index < -0.39 is 39.2 Å². The quantitative estimate of drug-likeness (QED) is 0.778. The zero-order valence-corrected chi connectivity index (χ0v) is 16.3. The van der Waals surface area contributed by atoms with Crippen molar-refractivity contribution in [3.8, 4) is 5.75 Å². The lowest BCUT2D eigenvalue weighted by Crippen LogP contribution is -2.73. The van der Waals surface area contributed by atoms with Crippen molar-refractivity contribution < 1.29 is 28.7 Å². The Hall–Kier alpha value is -2.33. The van der Waals surface area contributed by atoms with Crippen LogP contribution in [0.25, 0.3) is 0 Å². The molecule has 0 aliphatic carbocycles. The van der Waals surface area contributed by atoms with Gasteiger partial charge in [-0.05, 0) is 6.07 Å². The molecule has 27 heavy (non-hydrogen) atoms. The van der Waals surface area contributed by atoms with Gasteiger partial charge in [-0.2, -0.15) is 0 Å². The van der Waals surface area contributed by atoms with Crippen LogP contribution in [0.3, 0.4) is 0 Å². The Bertz CT molecular complexity index is 873. The topological polar surface area (TPSA) is 110 Å². The van der Waals surface area contributed by atoms with Crippen LogP contribution in [0.1, 0.15) is 31.6 Å². The number of amides is 3. The molecule has 2 heterocycles. The minimum atomic E-state index is -1.93. The van der Waals surface area contributed by atoms with Gasteiger partial charge >= 0.3 is 0 Å². The summed E-state index contributed by atoms with van der Waals surface area (Å²) in [5, 5.41) is -0.362. The van der Waals surface area contributed by atoms with Crippen molar-refractivity contribution in [1.29, 1.82) is 0 Å². The Morgan fingerprint density at radius 1 is 1.07 bits per heavy atom. The summed E-state index contributed by atoms with van der Waals surface area (Å²) in [5.41, 5.74) is -1.37. The summed E-state index contributed by atoms with van der Waals surface area (Å²) in [4.78, 5) is 62.2. The number of piperazine rings is 1. The number of carbonyl (C=O) groups is 5. The van der Waals surface area contributed by atoms with Crippen LogP contribution in [-0.4, -0.2) is 44.0 Å². The van der Waals surface area contributed by atoms with Gasteiger partial charge in [0, 0.05) is 26.3 Å². The van der Waals surface area contributed by atoms with E-state index in [0.29, 0.717) is 23.1 Å². The van der Waals surface area contributed by atoms with E-state index in [9.17, 15) is 24.0 Å². The first-order valence-electron chi connectivity index (χ1n) is 7.96. The van der Waals surface area contributed by atoms with Crippen LogP contribution >= 0.6 is 23.5 Å². The van der Waals surface area contributed by atoms with E-state index in [1.54, 1.807) is 24.3 Å². The van der Waals surface area contributed by atoms with Gasteiger partial charge < -0.3 is 10.1 Å². The van der Waals surface area contributed by atoms with Crippen LogP contribution in [0.4, 0.5) is 0 Å². The second-order valence-electron chi connectivity index (χ2n) is 6.01. The fraction of sp³-hybridized carbons (Fsp3) is 0.353. The highest BCUT2D eigenvalue weighted by Crippen LogP contribution is 2.52. The van der Waals surface area contributed by atoms with Gasteiger partial charge in [0.25, 0.3) is 17.5 Å². The van der Waals surface area contributed by atoms with Gasteiger partial charge in [0.2, 0.25) is 5.91 Å². The standard InChI is InChI=1S/C17H16N2O6S2/c1-8(20)19-15(27-10(3)22)14(23)18-17(16(19)24)13(26-9(2)21)11-6-4-5-7-12(11)25-17/h4-7,13,15H,1-3H3,(H,18,23)/t13-,15+,17-/m1/s1. The Kier molecular flexibility index (Phi) is 5.04. The number of rotatable bonds is 2. The minimum absolute atomic E-state index is 0.281. The molecule has 3 rings (SSSR count). The van der Waals surface area contributed by atoms with Gasteiger partial charge in [-0.15, -0.1) is 0 Å². The molecule has 3 amide bonds. The number of imide groups is 1. The highest BCUT2D eigenvalue weighted by Gasteiger charge is 2.63. The highest BCUT2D eigenvalue weighted by molar-refractivity contribution is 8.14. The molecule has 1 saturated heterocycles. The minimum Gasteiger partial charge on any atom is -0.457 e. The Labute approximate surface area is 163 Å². The van der Waals surface area contributed by atoms with Crippen LogP contribution in [0, 0.1) is 0 Å². The molecule has 0 unspecified atom stereocenters. The zero-order chi connectivity index (χ0) is 19.9. The summed E-state index contributed by atoms with van der Waals surface area (Å²) < 4.78 is 5.82. The first kappa shape index (κ1) is 19.4. The molecule has 142 valence electrons. The predicted octanol–water partition coefficient (Wildman–Crippen LogP) is 1.21. The van der Waals surface area contributed by atoms with E-state index >= 15 is 0 Å². The lowest BCUT2D eigenvalue weighted by molar-refractivity contribution is -0.168. The maximum absolute atomic E-state index is 13.3. The molecule has 0 bridgehead atoms. The summed E-state index contributed by atoms with van der Waals surface area (Å²) >= 11 is 1.40. The molecular formula is C17H16N2O6S2. The zero-order valence-electron chi connectivity index (χ0n) is 14.7. The normalized spacial score (nSPS) is 26.4. The fourth-order valence-corrected chi connectivity index (χ4v) is 4.93. The van der Waals surface area contributed by atoms with Crippen LogP contribution in [-0.2, 0) is 24.0 Å². The smallest absolute Gasteiger partial charge is 0.298 e. The van der Waals surface area contributed by atoms with Crippen LogP contribution < -0.4 is 10.1 Å². The number of hydrogen-bond donors (Lipinski definition) is 1. The van der Waals surface area contributed by atoms with Gasteiger partial charge in [0.15, 0.2) is 15.6 Å². The third-order valence-electron chi connectivity index (χ3n) is 4.05. The fourth-order valence-electron chi connectivity index (χ4n) is 3.07. The number of ether oxygens (including phenoxy) is 1. The summed E-state index contributed by atoms with van der Waals surface area (Å²) in [6, 6.07) is 6.73. The Morgan fingerprint density at radius 3 is 2.30 bits per heavy atom. The van der Waals surface area contributed by atoms with E-state index in [1.807, 2.05) is 0 Å². The summed E-state index contributed by atoms with van der Waals surface area (Å²) in [6.07, 6.45) is 0. The number of thioether (sulfide) groups is 2. The molecule has 1 spiro atoms. The number of nitrogens with zero attached hydrogens (tertiary/aromatic N) is 1. The first-order chi connectivity index (χ1) is 12.7. The molecule has 1 aromatic carbocycles. The SMILES string of the molecule is CC(=O)S[C@@H]1c2ccccc2O[C@]12NC(=O)[C@H](SC(C)=O)N(C(C)=O)C2=O. The third kappa shape index (κ3) is 3.23. The molecule has 2 aliphatic rings. The van der Waals surface area contributed by atoms with Crippen molar-refractivity contribution in [3.05, 3.63) is 29.8 Å². The number of fused-ring (bicyclic) bond motifs is 1. The number of para-hydroxylation sites is 1. The van der Waals surface area contributed by atoms with Crippen LogP contribution in [0.15, 0.2) is 24.3 Å². The number of nitrogens with one attached hydrogen (secondary N) is 1. The van der Waals surface area contributed by atoms with E-state index in [4.69, 9.17) is 4.74 Å². The Balaban J connectivity index is 2.10. The predicted molar refractivity (Wildman–Crippen MR) is 98.5 cm³/mol. The maximum atomic E-state index is 13.3. The summed E-state index contributed by atoms with van der Waals surface area (Å²) in [7, 11) is 0. The van der Waals surface area contributed by atoms with Crippen molar-refractivity contribution in [2.45, 2.75) is 37.1 Å². The van der Waals surface area contributed by atoms with Crippen molar-refractivity contribution in [2.75, 3.05) is 0 Å². The van der Waals surface area contributed by atoms with Crippen molar-refractivity contribution in [2.24, 2.45) is 0 Å². The van der Waals surface area contributed by atoms with Gasteiger partial charge in [0.05, 0.1) is 0 Å². The molecule has 8 nitrogen and oxygen atoms in total. The molecule has 1 N–H and O–H groups in total. The average molecular weight is 408 g/mol. The van der Waals surface area contributed by atoms with E-state index in [1.165, 1.54) is 13.8 Å². The molecule has 0 radical (unpaired) electrons. The molecule has 1 fully saturated rings. The molecule has 2 aliphatic heterocycles. The van der Waals surface area contributed by atoms with E-state index in [2.05, 4.69) is 5.32 Å². The lowest BCUT2D eigenvalue weighted by atomic mass is 10.0. The number of carbonyl (C=O) groups excluding carboxylic acids is 5. The van der Waals surface area contributed by atoms with Crippen LogP contribution in [0.5, 0.6) is 5.75 Å². The van der Waals surface area contributed by atoms with Crippen molar-refractivity contribution in [1.82, 2.24) is 10.2 Å². The van der Waals surface area contributed by atoms with Crippen LogP contribution in [0.2, 0.25) is 0 Å². The molecule has 1 aromatic rings. The van der Waals surface area contributed by atoms with E-state index in [-0.39, 0.29) is 5.12 Å². The number of benzene rings is 1. The Morgan fingerprint density at radius 2 is 1.70 bits per heavy atom. The number of hydrogen-bond acceptors (Lipinski definition) is 8. The van der Waals surface area contributed by atoms with E-state index in [0.717, 1.165) is 23.6 Å². The van der Waals surface area contributed by atoms with Gasteiger partial charge in [-0.25, -0.2) is 0 Å². The van der Waals surface area contributed by atoms with Gasteiger partial charge in [0.1, 0.15) is 11.0 Å². The summed E-state index contributed by atoms with van der Waals surface area (Å²) in [6.45, 7) is 3.71. The molecule has 0 saturated carbocycles. The largest absolute Gasteiger partial charge is 0.457 e. The lowest BCUT2D eigenvalue weighted by Gasteiger charge is -2.43. The second-order valence-corrected chi connectivity index (χ2v) is 8.55. The second kappa shape index (κ2) is 7.01. The third-order valence-corrected chi connectivity index (χ3v) is 6.18. The monoisotopic (exact) mass is 408 g/mol. The molecule has 0 aromatic heterocycles. The van der Waals surface area contributed by atoms with Gasteiger partial charge in [-0.3, -0.25) is 28.9 Å². The summed E-state index contributed by atoms with van der Waals surface area (Å²) in [5.74, 6) is -1.89. The van der Waals surface area contributed by atoms with Gasteiger partial charge in [-0.1, -0.05) is 41.7 Å². The highest BCUT2D eigenvalue weighted by atomic mass is 32.2. The van der Waals surface area contributed by atoms with Crippen molar-refractivity contribution >= 4 is 51.5 Å².